The molecule has 3 N–H and O–H groups in total. The number of carbonyl (C=O) groups excluding carboxylic acids is 1. The summed E-state index contributed by atoms with van der Waals surface area (Å²) in [7, 11) is 0. The molecule has 3 nitrogen and oxygen atoms in total. The molecular formula is C9H10BrNO2. The third-order valence-electron chi connectivity index (χ3n) is 1.84. The molecule has 1 rings (SSSR count). The van der Waals surface area contributed by atoms with E-state index in [2.05, 4.69) is 15.9 Å². The van der Waals surface area contributed by atoms with E-state index < -0.39 is 0 Å². The molecule has 0 aromatic heterocycles. The third-order valence-corrected chi connectivity index (χ3v) is 2.70. The van der Waals surface area contributed by atoms with E-state index in [9.17, 15) is 9.90 Å². The summed E-state index contributed by atoms with van der Waals surface area (Å²) in [6.07, 6.45) is 0. The summed E-state index contributed by atoms with van der Waals surface area (Å²) >= 11 is 3.27. The van der Waals surface area contributed by atoms with Crippen molar-refractivity contribution in [2.45, 2.75) is 6.92 Å². The van der Waals surface area contributed by atoms with Gasteiger partial charge in [-0.05, 0) is 24.6 Å². The van der Waals surface area contributed by atoms with Crippen molar-refractivity contribution >= 4 is 21.7 Å². The second-order valence-electron chi connectivity index (χ2n) is 2.69. The number of phenolic OH excluding ortho intramolecular Hbond substituents is 1. The van der Waals surface area contributed by atoms with E-state index in [4.69, 9.17) is 5.73 Å². The van der Waals surface area contributed by atoms with Gasteiger partial charge in [0.05, 0.1) is 12.1 Å². The van der Waals surface area contributed by atoms with Crippen LogP contribution in [0.4, 0.5) is 0 Å². The van der Waals surface area contributed by atoms with Gasteiger partial charge in [0, 0.05) is 4.47 Å². The minimum absolute atomic E-state index is 0.0175. The summed E-state index contributed by atoms with van der Waals surface area (Å²) in [4.78, 5) is 11.3. The van der Waals surface area contributed by atoms with Gasteiger partial charge in [0.1, 0.15) is 5.75 Å². The SMILES string of the molecule is Cc1c(Br)ccc(O)c1C(=O)CN. The van der Waals surface area contributed by atoms with Gasteiger partial charge in [0.2, 0.25) is 0 Å². The highest BCUT2D eigenvalue weighted by Crippen LogP contribution is 2.27. The van der Waals surface area contributed by atoms with Gasteiger partial charge in [-0.15, -0.1) is 0 Å². The van der Waals surface area contributed by atoms with E-state index in [0.29, 0.717) is 5.56 Å². The molecule has 0 fully saturated rings. The van der Waals surface area contributed by atoms with Crippen molar-refractivity contribution in [3.8, 4) is 5.75 Å². The summed E-state index contributed by atoms with van der Waals surface area (Å²) in [5.41, 5.74) is 6.24. The average molecular weight is 244 g/mol. The second kappa shape index (κ2) is 3.89. The van der Waals surface area contributed by atoms with E-state index in [0.717, 1.165) is 10.0 Å². The molecule has 0 aliphatic carbocycles. The maximum Gasteiger partial charge on any atom is 0.180 e. The van der Waals surface area contributed by atoms with Crippen molar-refractivity contribution in [1.29, 1.82) is 0 Å². The number of aromatic hydroxyl groups is 1. The van der Waals surface area contributed by atoms with Crippen molar-refractivity contribution in [1.82, 2.24) is 0 Å². The molecular weight excluding hydrogens is 234 g/mol. The number of carbonyl (C=O) groups is 1. The Morgan fingerprint density at radius 1 is 1.62 bits per heavy atom. The Hall–Kier alpha value is -0.870. The number of rotatable bonds is 2. The van der Waals surface area contributed by atoms with Gasteiger partial charge in [-0.3, -0.25) is 4.79 Å². The standard InChI is InChI=1S/C9H10BrNO2/c1-5-6(10)2-3-7(12)9(5)8(13)4-11/h2-3,12H,4,11H2,1H3. The van der Waals surface area contributed by atoms with Gasteiger partial charge in [0.25, 0.3) is 0 Å². The molecule has 1 aromatic carbocycles. The summed E-state index contributed by atoms with van der Waals surface area (Å²) < 4.78 is 0.794. The van der Waals surface area contributed by atoms with Crippen LogP contribution >= 0.6 is 15.9 Å². The van der Waals surface area contributed by atoms with Crippen LogP contribution in [0.1, 0.15) is 15.9 Å². The normalized spacial score (nSPS) is 10.1. The second-order valence-corrected chi connectivity index (χ2v) is 3.55. The lowest BCUT2D eigenvalue weighted by atomic mass is 10.0. The first-order valence-corrected chi connectivity index (χ1v) is 4.58. The lowest BCUT2D eigenvalue weighted by Crippen LogP contribution is -2.15. The van der Waals surface area contributed by atoms with Gasteiger partial charge < -0.3 is 10.8 Å². The zero-order valence-electron chi connectivity index (χ0n) is 7.17. The summed E-state index contributed by atoms with van der Waals surface area (Å²) in [6.45, 7) is 1.66. The van der Waals surface area contributed by atoms with E-state index in [1.54, 1.807) is 13.0 Å². The zero-order chi connectivity index (χ0) is 10.0. The number of Topliss-reactive ketones (excluding diaryl/α,β-unsaturated/α-hetero) is 1. The fourth-order valence-corrected chi connectivity index (χ4v) is 1.46. The van der Waals surface area contributed by atoms with Crippen molar-refractivity contribution in [2.75, 3.05) is 6.54 Å². The van der Waals surface area contributed by atoms with Gasteiger partial charge >= 0.3 is 0 Å². The fraction of sp³-hybridized carbons (Fsp3) is 0.222. The summed E-state index contributed by atoms with van der Waals surface area (Å²) in [6, 6.07) is 3.16. The smallest absolute Gasteiger partial charge is 0.180 e. The summed E-state index contributed by atoms with van der Waals surface area (Å²) in [5.74, 6) is -0.271. The fourth-order valence-electron chi connectivity index (χ4n) is 1.13. The molecule has 0 spiro atoms. The van der Waals surface area contributed by atoms with E-state index >= 15 is 0 Å². The number of halogens is 1. The Morgan fingerprint density at radius 2 is 2.23 bits per heavy atom. The predicted molar refractivity (Wildman–Crippen MR) is 53.9 cm³/mol. The average Bonchev–Trinajstić information content (AvgIpc) is 2.12. The van der Waals surface area contributed by atoms with Crippen molar-refractivity contribution < 1.29 is 9.90 Å². The Kier molecular flexibility index (Phi) is 3.06. The number of benzene rings is 1. The first-order chi connectivity index (χ1) is 6.07. The first-order valence-electron chi connectivity index (χ1n) is 3.79. The van der Waals surface area contributed by atoms with Gasteiger partial charge in [0.15, 0.2) is 5.78 Å². The lowest BCUT2D eigenvalue weighted by Gasteiger charge is -2.07. The predicted octanol–water partition coefficient (Wildman–Crippen LogP) is 1.60. The number of nitrogens with two attached hydrogens (primary N) is 1. The quantitative estimate of drug-likeness (QED) is 0.776. The molecule has 13 heavy (non-hydrogen) atoms. The van der Waals surface area contributed by atoms with Crippen molar-refractivity contribution in [3.63, 3.8) is 0 Å². The molecule has 0 radical (unpaired) electrons. The molecule has 0 bridgehead atoms. The summed E-state index contributed by atoms with van der Waals surface area (Å²) in [5, 5.41) is 9.42. The molecule has 0 saturated carbocycles. The molecule has 0 saturated heterocycles. The molecule has 0 atom stereocenters. The Balaban J connectivity index is 3.33. The molecule has 1 aromatic rings. The van der Waals surface area contributed by atoms with Crippen molar-refractivity contribution in [2.24, 2.45) is 5.73 Å². The van der Waals surface area contributed by atoms with Crippen LogP contribution in [-0.2, 0) is 0 Å². The maximum absolute atomic E-state index is 11.3. The first kappa shape index (κ1) is 10.2. The minimum Gasteiger partial charge on any atom is -0.507 e. The van der Waals surface area contributed by atoms with Crippen LogP contribution in [0.15, 0.2) is 16.6 Å². The number of hydrogen-bond acceptors (Lipinski definition) is 3. The van der Waals surface area contributed by atoms with Crippen LogP contribution in [-0.4, -0.2) is 17.4 Å². The van der Waals surface area contributed by atoms with E-state index in [-0.39, 0.29) is 18.1 Å². The molecule has 4 heteroatoms. The Morgan fingerprint density at radius 3 is 2.77 bits per heavy atom. The highest BCUT2D eigenvalue weighted by Gasteiger charge is 2.14. The van der Waals surface area contributed by atoms with Crippen LogP contribution in [0.25, 0.3) is 0 Å². The highest BCUT2D eigenvalue weighted by atomic mass is 79.9. The number of phenols is 1. The van der Waals surface area contributed by atoms with Crippen LogP contribution in [0, 0.1) is 6.92 Å². The lowest BCUT2D eigenvalue weighted by molar-refractivity contribution is 0.0998. The molecule has 0 aliphatic rings. The van der Waals surface area contributed by atoms with Crippen molar-refractivity contribution in [3.05, 3.63) is 27.7 Å². The van der Waals surface area contributed by atoms with Gasteiger partial charge in [-0.2, -0.15) is 0 Å². The zero-order valence-corrected chi connectivity index (χ0v) is 8.76. The number of ketones is 1. The third kappa shape index (κ3) is 1.89. The van der Waals surface area contributed by atoms with Crippen LogP contribution < -0.4 is 5.73 Å². The molecule has 0 aliphatic heterocycles. The largest absolute Gasteiger partial charge is 0.507 e. The van der Waals surface area contributed by atoms with Crippen LogP contribution in [0.3, 0.4) is 0 Å². The topological polar surface area (TPSA) is 63.3 Å². The van der Waals surface area contributed by atoms with Gasteiger partial charge in [-0.1, -0.05) is 15.9 Å². The highest BCUT2D eigenvalue weighted by molar-refractivity contribution is 9.10. The molecule has 70 valence electrons. The van der Waals surface area contributed by atoms with Gasteiger partial charge in [-0.25, -0.2) is 0 Å². The maximum atomic E-state index is 11.3. The monoisotopic (exact) mass is 243 g/mol. The van der Waals surface area contributed by atoms with E-state index in [1.807, 2.05) is 0 Å². The molecule has 0 amide bonds. The number of hydrogen-bond donors (Lipinski definition) is 2. The van der Waals surface area contributed by atoms with Crippen LogP contribution in [0.2, 0.25) is 0 Å². The van der Waals surface area contributed by atoms with Crippen LogP contribution in [0.5, 0.6) is 5.75 Å². The Bertz CT molecular complexity index is 350. The molecule has 0 unspecified atom stereocenters. The Labute approximate surface area is 84.7 Å². The molecule has 0 heterocycles. The minimum atomic E-state index is -0.253. The van der Waals surface area contributed by atoms with E-state index in [1.165, 1.54) is 6.07 Å².